The summed E-state index contributed by atoms with van der Waals surface area (Å²) in [5.41, 5.74) is 1.14. The molecule has 128 valence electrons. The second-order valence-corrected chi connectivity index (χ2v) is 6.17. The normalized spacial score (nSPS) is 16.3. The Morgan fingerprint density at radius 1 is 1.39 bits per heavy atom. The minimum atomic E-state index is 0.503. The standard InChI is InChI=1S/C18H30N4O/c1-5-19-18(20-12-14(2)22(3)16-9-10-16)21-13-15-7-6-8-17(11-15)23-4/h6-8,11,14,16H,5,9-10,12-13H2,1-4H3,(H2,19,20,21). The van der Waals surface area contributed by atoms with E-state index in [-0.39, 0.29) is 0 Å². The van der Waals surface area contributed by atoms with Crippen molar-refractivity contribution in [2.45, 2.75) is 45.3 Å². The molecule has 0 spiro atoms. The second-order valence-electron chi connectivity index (χ2n) is 6.17. The van der Waals surface area contributed by atoms with Crippen molar-refractivity contribution in [3.8, 4) is 5.75 Å². The lowest BCUT2D eigenvalue weighted by Gasteiger charge is -2.25. The van der Waals surface area contributed by atoms with Gasteiger partial charge in [-0.15, -0.1) is 0 Å². The zero-order chi connectivity index (χ0) is 16.7. The van der Waals surface area contributed by atoms with Crippen LogP contribution in [0.2, 0.25) is 0 Å². The van der Waals surface area contributed by atoms with Gasteiger partial charge in [0.15, 0.2) is 5.96 Å². The summed E-state index contributed by atoms with van der Waals surface area (Å²) in [5, 5.41) is 6.76. The third kappa shape index (κ3) is 5.75. The molecule has 1 aliphatic rings. The Bertz CT molecular complexity index is 513. The van der Waals surface area contributed by atoms with Gasteiger partial charge in [-0.1, -0.05) is 12.1 Å². The molecular formula is C18H30N4O. The molecule has 0 radical (unpaired) electrons. The van der Waals surface area contributed by atoms with E-state index in [1.165, 1.54) is 12.8 Å². The molecule has 1 unspecified atom stereocenters. The topological polar surface area (TPSA) is 48.9 Å². The Hall–Kier alpha value is -1.75. The molecule has 0 amide bonds. The molecule has 0 saturated heterocycles. The number of guanidine groups is 1. The Balaban J connectivity index is 1.88. The average Bonchev–Trinajstić information content (AvgIpc) is 3.41. The molecule has 1 aromatic carbocycles. The summed E-state index contributed by atoms with van der Waals surface area (Å²) in [6, 6.07) is 9.32. The minimum absolute atomic E-state index is 0.503. The summed E-state index contributed by atoms with van der Waals surface area (Å²) in [7, 11) is 3.90. The zero-order valence-electron chi connectivity index (χ0n) is 14.8. The van der Waals surface area contributed by atoms with Crippen molar-refractivity contribution in [3.05, 3.63) is 29.8 Å². The van der Waals surface area contributed by atoms with Crippen molar-refractivity contribution >= 4 is 5.96 Å². The SMILES string of the molecule is CCNC(=NCc1cccc(OC)c1)NCC(C)N(C)C1CC1. The van der Waals surface area contributed by atoms with Crippen LogP contribution >= 0.6 is 0 Å². The maximum absolute atomic E-state index is 5.26. The first-order chi connectivity index (χ1) is 11.1. The molecule has 1 saturated carbocycles. The van der Waals surface area contributed by atoms with Gasteiger partial charge in [-0.2, -0.15) is 0 Å². The molecule has 1 aromatic rings. The number of rotatable bonds is 8. The molecule has 0 aliphatic heterocycles. The number of nitrogens with zero attached hydrogens (tertiary/aromatic N) is 2. The molecule has 0 aromatic heterocycles. The number of methoxy groups -OCH3 is 1. The van der Waals surface area contributed by atoms with E-state index in [1.807, 2.05) is 18.2 Å². The predicted octanol–water partition coefficient (Wildman–Crippen LogP) is 2.23. The third-order valence-corrected chi connectivity index (χ3v) is 4.28. The highest BCUT2D eigenvalue weighted by atomic mass is 16.5. The Labute approximate surface area is 140 Å². The highest BCUT2D eigenvalue weighted by Crippen LogP contribution is 2.26. The highest BCUT2D eigenvalue weighted by Gasteiger charge is 2.28. The van der Waals surface area contributed by atoms with Crippen molar-refractivity contribution in [2.75, 3.05) is 27.2 Å². The van der Waals surface area contributed by atoms with Crippen LogP contribution < -0.4 is 15.4 Å². The number of aliphatic imine (C=N–C) groups is 1. The van der Waals surface area contributed by atoms with Crippen molar-refractivity contribution in [2.24, 2.45) is 4.99 Å². The average molecular weight is 318 g/mol. The maximum Gasteiger partial charge on any atom is 0.191 e. The van der Waals surface area contributed by atoms with Crippen LogP contribution in [-0.2, 0) is 6.54 Å². The van der Waals surface area contributed by atoms with Crippen LogP contribution in [0.1, 0.15) is 32.3 Å². The second kappa shape index (κ2) is 8.77. The van der Waals surface area contributed by atoms with Crippen LogP contribution in [0.25, 0.3) is 0 Å². The lowest BCUT2D eigenvalue weighted by molar-refractivity contribution is 0.247. The molecule has 0 heterocycles. The molecule has 5 nitrogen and oxygen atoms in total. The van der Waals surface area contributed by atoms with Crippen LogP contribution in [0, 0.1) is 0 Å². The Morgan fingerprint density at radius 2 is 2.17 bits per heavy atom. The fourth-order valence-corrected chi connectivity index (χ4v) is 2.51. The van der Waals surface area contributed by atoms with Gasteiger partial charge in [0.25, 0.3) is 0 Å². The molecule has 1 atom stereocenters. The van der Waals surface area contributed by atoms with E-state index in [4.69, 9.17) is 4.74 Å². The number of ether oxygens (including phenoxy) is 1. The fraction of sp³-hybridized carbons (Fsp3) is 0.611. The fourth-order valence-electron chi connectivity index (χ4n) is 2.51. The predicted molar refractivity (Wildman–Crippen MR) is 96.1 cm³/mol. The van der Waals surface area contributed by atoms with E-state index in [2.05, 4.69) is 47.5 Å². The van der Waals surface area contributed by atoms with Crippen molar-refractivity contribution in [1.29, 1.82) is 0 Å². The summed E-state index contributed by atoms with van der Waals surface area (Å²) < 4.78 is 5.26. The van der Waals surface area contributed by atoms with Gasteiger partial charge < -0.3 is 15.4 Å². The van der Waals surface area contributed by atoms with Crippen LogP contribution in [0.15, 0.2) is 29.3 Å². The summed E-state index contributed by atoms with van der Waals surface area (Å²) in [6.45, 7) is 6.74. The van der Waals surface area contributed by atoms with E-state index in [0.29, 0.717) is 12.6 Å². The number of benzene rings is 1. The Kier molecular flexibility index (Phi) is 6.71. The largest absolute Gasteiger partial charge is 0.497 e. The van der Waals surface area contributed by atoms with Gasteiger partial charge in [0.2, 0.25) is 0 Å². The molecule has 1 aliphatic carbocycles. The van der Waals surface area contributed by atoms with E-state index in [1.54, 1.807) is 7.11 Å². The van der Waals surface area contributed by atoms with Crippen molar-refractivity contribution in [1.82, 2.24) is 15.5 Å². The highest BCUT2D eigenvalue weighted by molar-refractivity contribution is 5.79. The summed E-state index contributed by atoms with van der Waals surface area (Å²) in [4.78, 5) is 7.13. The maximum atomic E-state index is 5.26. The van der Waals surface area contributed by atoms with Gasteiger partial charge in [-0.25, -0.2) is 4.99 Å². The molecular weight excluding hydrogens is 288 g/mol. The lowest BCUT2D eigenvalue weighted by Crippen LogP contribution is -2.45. The van der Waals surface area contributed by atoms with E-state index < -0.39 is 0 Å². The number of hydrogen-bond donors (Lipinski definition) is 2. The van der Waals surface area contributed by atoms with Crippen LogP contribution in [-0.4, -0.2) is 50.2 Å². The zero-order valence-corrected chi connectivity index (χ0v) is 14.8. The monoisotopic (exact) mass is 318 g/mol. The van der Waals surface area contributed by atoms with Gasteiger partial charge in [-0.05, 0) is 51.4 Å². The number of likely N-dealkylation sites (N-methyl/N-ethyl adjacent to an activating group) is 1. The van der Waals surface area contributed by atoms with Gasteiger partial charge in [-0.3, -0.25) is 4.90 Å². The first kappa shape index (κ1) is 17.6. The molecule has 2 rings (SSSR count). The quantitative estimate of drug-likeness (QED) is 0.570. The lowest BCUT2D eigenvalue weighted by atomic mass is 10.2. The molecule has 5 heteroatoms. The van der Waals surface area contributed by atoms with Crippen LogP contribution in [0.3, 0.4) is 0 Å². The van der Waals surface area contributed by atoms with Crippen LogP contribution in [0.5, 0.6) is 5.75 Å². The smallest absolute Gasteiger partial charge is 0.191 e. The van der Waals surface area contributed by atoms with E-state index in [0.717, 1.165) is 36.4 Å². The third-order valence-electron chi connectivity index (χ3n) is 4.28. The molecule has 0 bridgehead atoms. The first-order valence-electron chi connectivity index (χ1n) is 8.51. The molecule has 23 heavy (non-hydrogen) atoms. The van der Waals surface area contributed by atoms with Gasteiger partial charge >= 0.3 is 0 Å². The van der Waals surface area contributed by atoms with Crippen LogP contribution in [0.4, 0.5) is 0 Å². The van der Waals surface area contributed by atoms with Gasteiger partial charge in [0.1, 0.15) is 5.75 Å². The van der Waals surface area contributed by atoms with Crippen molar-refractivity contribution < 1.29 is 4.74 Å². The Morgan fingerprint density at radius 3 is 2.83 bits per heavy atom. The summed E-state index contributed by atoms with van der Waals surface area (Å²) in [5.74, 6) is 1.74. The molecule has 2 N–H and O–H groups in total. The van der Waals surface area contributed by atoms with Gasteiger partial charge in [0, 0.05) is 25.2 Å². The number of hydrogen-bond acceptors (Lipinski definition) is 3. The van der Waals surface area contributed by atoms with E-state index in [9.17, 15) is 0 Å². The number of nitrogens with one attached hydrogen (secondary N) is 2. The van der Waals surface area contributed by atoms with Crippen molar-refractivity contribution in [3.63, 3.8) is 0 Å². The van der Waals surface area contributed by atoms with Gasteiger partial charge in [0.05, 0.1) is 13.7 Å². The summed E-state index contributed by atoms with van der Waals surface area (Å²) in [6.07, 6.45) is 2.68. The summed E-state index contributed by atoms with van der Waals surface area (Å²) >= 11 is 0. The molecule has 1 fully saturated rings. The first-order valence-corrected chi connectivity index (χ1v) is 8.51. The van der Waals surface area contributed by atoms with E-state index >= 15 is 0 Å². The minimum Gasteiger partial charge on any atom is -0.497 e.